The van der Waals surface area contributed by atoms with Gasteiger partial charge in [0.2, 0.25) is 5.82 Å². The number of piperidine rings is 1. The van der Waals surface area contributed by atoms with Gasteiger partial charge in [0.05, 0.1) is 0 Å². The molecule has 2 aliphatic rings. The van der Waals surface area contributed by atoms with Gasteiger partial charge in [0, 0.05) is 25.6 Å². The Morgan fingerprint density at radius 3 is 2.71 bits per heavy atom. The lowest BCUT2D eigenvalue weighted by atomic mass is 9.73. The summed E-state index contributed by atoms with van der Waals surface area (Å²) in [5, 5.41) is 11.4. The van der Waals surface area contributed by atoms with Crippen molar-refractivity contribution in [1.29, 1.82) is 0 Å². The molecule has 6 heteroatoms. The predicted molar refractivity (Wildman–Crippen MR) is 109 cm³/mol. The van der Waals surface area contributed by atoms with Crippen LogP contribution in [0.1, 0.15) is 60.7 Å². The number of likely N-dealkylation sites (tertiary alicyclic amines) is 1. The van der Waals surface area contributed by atoms with E-state index in [4.69, 9.17) is 0 Å². The molecule has 0 aliphatic carbocycles. The van der Waals surface area contributed by atoms with Crippen LogP contribution in [0.15, 0.2) is 24.3 Å². The van der Waals surface area contributed by atoms with Crippen LogP contribution in [0.5, 0.6) is 0 Å². The number of carbonyl (C=O) groups excluding carboxylic acids is 1. The van der Waals surface area contributed by atoms with Gasteiger partial charge in [-0.25, -0.2) is 0 Å². The molecule has 0 saturated carbocycles. The molecule has 150 valence electrons. The third-order valence-electron chi connectivity index (χ3n) is 6.23. The van der Waals surface area contributed by atoms with Crippen molar-refractivity contribution < 1.29 is 4.79 Å². The Kier molecular flexibility index (Phi) is 5.23. The molecule has 0 unspecified atom stereocenters. The normalized spacial score (nSPS) is 19.0. The molecule has 6 nitrogen and oxygen atoms in total. The zero-order valence-corrected chi connectivity index (χ0v) is 17.2. The van der Waals surface area contributed by atoms with E-state index in [9.17, 15) is 4.79 Å². The van der Waals surface area contributed by atoms with E-state index in [0.29, 0.717) is 5.82 Å². The summed E-state index contributed by atoms with van der Waals surface area (Å²) in [4.78, 5) is 15.1. The summed E-state index contributed by atoms with van der Waals surface area (Å²) in [6.07, 6.45) is 4.40. The topological polar surface area (TPSA) is 63.1 Å². The highest BCUT2D eigenvalue weighted by Crippen LogP contribution is 2.41. The molecule has 1 fully saturated rings. The minimum absolute atomic E-state index is 0.0999. The zero-order chi connectivity index (χ0) is 19.7. The number of benzene rings is 1. The first-order valence-corrected chi connectivity index (χ1v) is 10.4. The van der Waals surface area contributed by atoms with Gasteiger partial charge in [-0.15, -0.1) is 10.2 Å². The third kappa shape index (κ3) is 3.97. The van der Waals surface area contributed by atoms with Gasteiger partial charge in [0.25, 0.3) is 5.91 Å². The van der Waals surface area contributed by atoms with Gasteiger partial charge in [0.1, 0.15) is 5.82 Å². The van der Waals surface area contributed by atoms with Gasteiger partial charge in [-0.3, -0.25) is 9.69 Å². The van der Waals surface area contributed by atoms with Crippen molar-refractivity contribution in [2.45, 2.75) is 65.6 Å². The first kappa shape index (κ1) is 19.1. The molecule has 1 aromatic carbocycles. The summed E-state index contributed by atoms with van der Waals surface area (Å²) in [7, 11) is 0. The Balaban J connectivity index is 1.42. The molecule has 0 atom stereocenters. The summed E-state index contributed by atoms with van der Waals surface area (Å²) < 4.78 is 2.08. The fraction of sp³-hybridized carbons (Fsp3) is 0.591. The second-order valence-corrected chi connectivity index (χ2v) is 8.92. The van der Waals surface area contributed by atoms with Crippen molar-refractivity contribution in [1.82, 2.24) is 25.0 Å². The number of rotatable bonds is 4. The number of amides is 1. The quantitative estimate of drug-likeness (QED) is 0.884. The monoisotopic (exact) mass is 381 g/mol. The predicted octanol–water partition coefficient (Wildman–Crippen LogP) is 2.95. The first-order chi connectivity index (χ1) is 13.4. The largest absolute Gasteiger partial charge is 0.347 e. The van der Waals surface area contributed by atoms with Crippen LogP contribution < -0.4 is 5.32 Å². The average Bonchev–Trinajstić information content (AvgIpc) is 3.06. The molecule has 1 spiro atoms. The Morgan fingerprint density at radius 1 is 1.21 bits per heavy atom. The number of nitrogens with one attached hydrogen (secondary N) is 1. The van der Waals surface area contributed by atoms with Crippen molar-refractivity contribution in [3.8, 4) is 0 Å². The Labute approximate surface area is 167 Å². The fourth-order valence-corrected chi connectivity index (χ4v) is 4.63. The van der Waals surface area contributed by atoms with Gasteiger partial charge in [-0.1, -0.05) is 29.8 Å². The minimum atomic E-state index is -0.109. The highest BCUT2D eigenvalue weighted by Gasteiger charge is 2.39. The van der Waals surface area contributed by atoms with Crippen LogP contribution in [-0.4, -0.2) is 44.7 Å². The number of carbonyl (C=O) groups is 1. The molecule has 0 bridgehead atoms. The second kappa shape index (κ2) is 7.66. The zero-order valence-electron chi connectivity index (χ0n) is 17.2. The Morgan fingerprint density at radius 2 is 2.00 bits per heavy atom. The van der Waals surface area contributed by atoms with E-state index in [-0.39, 0.29) is 17.4 Å². The van der Waals surface area contributed by atoms with Gasteiger partial charge >= 0.3 is 0 Å². The maximum atomic E-state index is 12.5. The van der Waals surface area contributed by atoms with Gasteiger partial charge in [0.15, 0.2) is 0 Å². The third-order valence-corrected chi connectivity index (χ3v) is 6.23. The maximum Gasteiger partial charge on any atom is 0.289 e. The van der Waals surface area contributed by atoms with E-state index in [1.807, 2.05) is 13.8 Å². The van der Waals surface area contributed by atoms with Gasteiger partial charge in [-0.05, 0) is 64.1 Å². The summed E-state index contributed by atoms with van der Waals surface area (Å²) in [6, 6.07) is 8.91. The van der Waals surface area contributed by atoms with Crippen LogP contribution in [0.25, 0.3) is 0 Å². The summed E-state index contributed by atoms with van der Waals surface area (Å²) >= 11 is 0. The van der Waals surface area contributed by atoms with Crippen LogP contribution in [0.2, 0.25) is 0 Å². The number of fused-ring (bicyclic) bond motifs is 1. The summed E-state index contributed by atoms with van der Waals surface area (Å²) in [5.41, 5.74) is 2.99. The summed E-state index contributed by atoms with van der Waals surface area (Å²) in [5.74, 6) is 1.33. The Bertz CT molecular complexity index is 848. The average molecular weight is 382 g/mol. The molecule has 1 amide bonds. The van der Waals surface area contributed by atoms with Gasteiger partial charge in [-0.2, -0.15) is 0 Å². The fourth-order valence-electron chi connectivity index (χ4n) is 4.63. The van der Waals surface area contributed by atoms with E-state index in [2.05, 4.69) is 56.2 Å². The van der Waals surface area contributed by atoms with Crippen LogP contribution in [-0.2, 0) is 19.5 Å². The molecule has 3 heterocycles. The van der Waals surface area contributed by atoms with E-state index >= 15 is 0 Å². The standard InChI is InChI=1S/C22H31N5O/c1-16(2)23-21(28)20-25-24-19-7-8-22(15-27(19)20)9-11-26(12-10-22)14-18-6-4-5-17(3)13-18/h4-6,13,16H,7-12,14-15H2,1-3H3,(H,23,28). The SMILES string of the molecule is Cc1cccc(CN2CCC3(CCc4nnc(C(=O)NC(C)C)n4C3)CC2)c1. The smallest absolute Gasteiger partial charge is 0.289 e. The molecular weight excluding hydrogens is 350 g/mol. The molecular formula is C22H31N5O. The minimum Gasteiger partial charge on any atom is -0.347 e. The van der Waals surface area contributed by atoms with Crippen molar-refractivity contribution >= 4 is 5.91 Å². The highest BCUT2D eigenvalue weighted by atomic mass is 16.2. The number of nitrogens with zero attached hydrogens (tertiary/aromatic N) is 4. The maximum absolute atomic E-state index is 12.5. The van der Waals surface area contributed by atoms with Gasteiger partial charge < -0.3 is 9.88 Å². The number of aromatic nitrogens is 3. The van der Waals surface area contributed by atoms with Crippen LogP contribution >= 0.6 is 0 Å². The molecule has 2 aliphatic heterocycles. The number of hydrogen-bond donors (Lipinski definition) is 1. The molecule has 1 N–H and O–H groups in total. The summed E-state index contributed by atoms with van der Waals surface area (Å²) in [6.45, 7) is 10.2. The molecule has 2 aromatic rings. The lowest BCUT2D eigenvalue weighted by Gasteiger charge is -2.44. The van der Waals surface area contributed by atoms with E-state index in [1.54, 1.807) is 0 Å². The molecule has 4 rings (SSSR count). The van der Waals surface area contributed by atoms with Crippen molar-refractivity contribution in [2.24, 2.45) is 5.41 Å². The lowest BCUT2D eigenvalue weighted by Crippen LogP contribution is -2.45. The highest BCUT2D eigenvalue weighted by molar-refractivity contribution is 5.90. The Hall–Kier alpha value is -2.21. The number of aryl methyl sites for hydroxylation is 2. The van der Waals surface area contributed by atoms with Crippen molar-refractivity contribution in [3.63, 3.8) is 0 Å². The second-order valence-electron chi connectivity index (χ2n) is 8.92. The molecule has 1 aromatic heterocycles. The number of hydrogen-bond acceptors (Lipinski definition) is 4. The van der Waals surface area contributed by atoms with Crippen LogP contribution in [0.4, 0.5) is 0 Å². The van der Waals surface area contributed by atoms with Crippen molar-refractivity contribution in [2.75, 3.05) is 13.1 Å². The van der Waals surface area contributed by atoms with Crippen LogP contribution in [0, 0.1) is 12.3 Å². The molecule has 0 radical (unpaired) electrons. The lowest BCUT2D eigenvalue weighted by molar-refractivity contribution is 0.0617. The van der Waals surface area contributed by atoms with E-state index in [1.165, 1.54) is 24.0 Å². The molecule has 28 heavy (non-hydrogen) atoms. The van der Waals surface area contributed by atoms with Crippen LogP contribution in [0.3, 0.4) is 0 Å². The first-order valence-electron chi connectivity index (χ1n) is 10.4. The van der Waals surface area contributed by atoms with E-state index in [0.717, 1.165) is 44.8 Å². The van der Waals surface area contributed by atoms with Crippen molar-refractivity contribution in [3.05, 3.63) is 47.0 Å². The molecule has 1 saturated heterocycles. The van der Waals surface area contributed by atoms with E-state index < -0.39 is 0 Å².